The fourth-order valence-corrected chi connectivity index (χ4v) is 3.62. The SMILES string of the molecule is CC1=C/C(O)=C\CC/C(SCc2c(C)nc3ccccn23)=N\1. The molecule has 1 aliphatic heterocycles. The molecule has 0 atom stereocenters. The molecule has 1 aliphatic rings. The van der Waals surface area contributed by atoms with E-state index in [0.717, 1.165) is 40.7 Å². The number of rotatable bonds is 2. The maximum Gasteiger partial charge on any atom is 0.137 e. The predicted molar refractivity (Wildman–Crippen MR) is 92.4 cm³/mol. The van der Waals surface area contributed by atoms with E-state index in [0.29, 0.717) is 5.76 Å². The number of thioether (sulfide) groups is 1. The summed E-state index contributed by atoms with van der Waals surface area (Å²) in [5.41, 5.74) is 4.10. The van der Waals surface area contributed by atoms with Crippen LogP contribution in [0.1, 0.15) is 31.2 Å². The summed E-state index contributed by atoms with van der Waals surface area (Å²) in [6, 6.07) is 6.05. The summed E-state index contributed by atoms with van der Waals surface area (Å²) in [4.78, 5) is 9.20. The van der Waals surface area contributed by atoms with Gasteiger partial charge in [-0.2, -0.15) is 0 Å². The van der Waals surface area contributed by atoms with Crippen LogP contribution in [-0.2, 0) is 5.75 Å². The first-order valence-corrected chi connectivity index (χ1v) is 8.32. The van der Waals surface area contributed by atoms with Crippen molar-refractivity contribution < 1.29 is 5.11 Å². The Bertz CT molecular complexity index is 786. The normalized spacial score (nSPS) is 22.9. The van der Waals surface area contributed by atoms with Gasteiger partial charge in [0.1, 0.15) is 11.4 Å². The van der Waals surface area contributed by atoms with Crippen molar-refractivity contribution >= 4 is 22.5 Å². The molecular formula is C17H19N3OS. The highest BCUT2D eigenvalue weighted by molar-refractivity contribution is 8.13. The van der Waals surface area contributed by atoms with Crippen LogP contribution in [0.25, 0.3) is 5.65 Å². The molecule has 0 amide bonds. The lowest BCUT2D eigenvalue weighted by molar-refractivity contribution is 0.428. The van der Waals surface area contributed by atoms with E-state index in [4.69, 9.17) is 0 Å². The van der Waals surface area contributed by atoms with Gasteiger partial charge < -0.3 is 9.51 Å². The van der Waals surface area contributed by atoms with Gasteiger partial charge in [0.15, 0.2) is 0 Å². The molecule has 4 nitrogen and oxygen atoms in total. The second-order valence-electron chi connectivity index (χ2n) is 5.32. The molecule has 0 bridgehead atoms. The molecule has 2 aromatic rings. The molecule has 1 N–H and O–H groups in total. The number of imidazole rings is 1. The van der Waals surface area contributed by atoms with Crippen LogP contribution in [0.2, 0.25) is 0 Å². The average molecular weight is 313 g/mol. The van der Waals surface area contributed by atoms with E-state index in [1.54, 1.807) is 17.8 Å². The number of fused-ring (bicyclic) bond motifs is 1. The van der Waals surface area contributed by atoms with Crippen molar-refractivity contribution in [2.75, 3.05) is 0 Å². The number of allylic oxidation sites excluding steroid dienone is 3. The quantitative estimate of drug-likeness (QED) is 0.893. The number of aliphatic imine (C=N–C) groups is 1. The van der Waals surface area contributed by atoms with Crippen LogP contribution in [0, 0.1) is 6.92 Å². The number of aliphatic hydroxyl groups excluding tert-OH is 1. The zero-order chi connectivity index (χ0) is 15.5. The van der Waals surface area contributed by atoms with Gasteiger partial charge in [-0.1, -0.05) is 6.07 Å². The highest BCUT2D eigenvalue weighted by Crippen LogP contribution is 2.23. The topological polar surface area (TPSA) is 49.9 Å². The van der Waals surface area contributed by atoms with Gasteiger partial charge in [-0.05, 0) is 44.9 Å². The summed E-state index contributed by atoms with van der Waals surface area (Å²) in [6.07, 6.45) is 7.28. The first-order chi connectivity index (χ1) is 10.6. The third-order valence-electron chi connectivity index (χ3n) is 3.57. The lowest BCUT2D eigenvalue weighted by Crippen LogP contribution is -1.99. The molecule has 2 aromatic heterocycles. The number of pyridine rings is 1. The summed E-state index contributed by atoms with van der Waals surface area (Å²) < 4.78 is 2.14. The number of nitrogens with zero attached hydrogens (tertiary/aromatic N) is 3. The molecule has 0 unspecified atom stereocenters. The lowest BCUT2D eigenvalue weighted by atomic mass is 10.2. The van der Waals surface area contributed by atoms with Crippen molar-refractivity contribution in [2.24, 2.45) is 4.99 Å². The maximum atomic E-state index is 9.60. The van der Waals surface area contributed by atoms with Crippen molar-refractivity contribution in [2.45, 2.75) is 32.4 Å². The third kappa shape index (κ3) is 3.25. The molecule has 0 saturated carbocycles. The number of hydrogen-bond acceptors (Lipinski definition) is 4. The van der Waals surface area contributed by atoms with Gasteiger partial charge in [0.2, 0.25) is 0 Å². The zero-order valence-electron chi connectivity index (χ0n) is 12.8. The molecule has 5 heteroatoms. The fourth-order valence-electron chi connectivity index (χ4n) is 2.50. The number of aromatic nitrogens is 2. The van der Waals surface area contributed by atoms with Crippen LogP contribution in [-0.4, -0.2) is 19.5 Å². The molecular weight excluding hydrogens is 294 g/mol. The third-order valence-corrected chi connectivity index (χ3v) is 4.62. The minimum Gasteiger partial charge on any atom is -0.508 e. The first kappa shape index (κ1) is 14.9. The molecule has 0 fully saturated rings. The van der Waals surface area contributed by atoms with E-state index < -0.39 is 0 Å². The van der Waals surface area contributed by atoms with Gasteiger partial charge in [0.25, 0.3) is 0 Å². The monoisotopic (exact) mass is 313 g/mol. The highest BCUT2D eigenvalue weighted by Gasteiger charge is 2.11. The Labute approximate surface area is 134 Å². The summed E-state index contributed by atoms with van der Waals surface area (Å²) in [5.74, 6) is 1.15. The Morgan fingerprint density at radius 1 is 1.32 bits per heavy atom. The summed E-state index contributed by atoms with van der Waals surface area (Å²) in [5, 5.41) is 10.7. The van der Waals surface area contributed by atoms with E-state index >= 15 is 0 Å². The lowest BCUT2D eigenvalue weighted by Gasteiger charge is -2.09. The first-order valence-electron chi connectivity index (χ1n) is 7.34. The molecule has 0 aliphatic carbocycles. The Morgan fingerprint density at radius 3 is 3.05 bits per heavy atom. The molecule has 0 saturated heterocycles. The van der Waals surface area contributed by atoms with E-state index in [1.807, 2.05) is 31.2 Å². The van der Waals surface area contributed by atoms with Crippen molar-refractivity contribution in [3.05, 3.63) is 59.4 Å². The minimum absolute atomic E-state index is 0.308. The Kier molecular flexibility index (Phi) is 4.34. The van der Waals surface area contributed by atoms with Gasteiger partial charge in [0.05, 0.1) is 16.4 Å². The summed E-state index contributed by atoms with van der Waals surface area (Å²) in [6.45, 7) is 3.96. The Hall–Kier alpha value is -2.01. The van der Waals surface area contributed by atoms with Gasteiger partial charge in [0, 0.05) is 23.7 Å². The fraction of sp³-hybridized carbons (Fsp3) is 0.294. The van der Waals surface area contributed by atoms with Crippen molar-refractivity contribution in [3.63, 3.8) is 0 Å². The van der Waals surface area contributed by atoms with Crippen molar-refractivity contribution in [3.8, 4) is 0 Å². The Morgan fingerprint density at radius 2 is 2.18 bits per heavy atom. The molecule has 0 aromatic carbocycles. The number of aryl methyl sites for hydroxylation is 1. The van der Waals surface area contributed by atoms with Gasteiger partial charge in [-0.15, -0.1) is 11.8 Å². The van der Waals surface area contributed by atoms with Crippen LogP contribution < -0.4 is 0 Å². The van der Waals surface area contributed by atoms with Crippen LogP contribution in [0.15, 0.2) is 53.0 Å². The molecule has 3 heterocycles. The molecule has 0 radical (unpaired) electrons. The standard InChI is InChI=1S/C17H19N3OS/c1-12-10-14(21)6-5-8-17(18-12)22-11-15-13(2)19-16-7-3-4-9-20(15)16/h3-4,6-7,9-10,21H,5,8,11H2,1-2H3/b12-10-,14-6+,18-17+. The van der Waals surface area contributed by atoms with E-state index in [-0.39, 0.29) is 0 Å². The second kappa shape index (κ2) is 6.40. The predicted octanol–water partition coefficient (Wildman–Crippen LogP) is 4.41. The van der Waals surface area contributed by atoms with Gasteiger partial charge >= 0.3 is 0 Å². The average Bonchev–Trinajstić information content (AvgIpc) is 2.78. The summed E-state index contributed by atoms with van der Waals surface area (Å²) >= 11 is 1.75. The van der Waals surface area contributed by atoms with E-state index in [2.05, 4.69) is 27.5 Å². The van der Waals surface area contributed by atoms with Crippen LogP contribution in [0.3, 0.4) is 0 Å². The molecule has 3 rings (SSSR count). The highest BCUT2D eigenvalue weighted by atomic mass is 32.2. The molecule has 0 spiro atoms. The largest absolute Gasteiger partial charge is 0.508 e. The Balaban J connectivity index is 1.79. The van der Waals surface area contributed by atoms with E-state index in [1.165, 1.54) is 5.69 Å². The summed E-state index contributed by atoms with van der Waals surface area (Å²) in [7, 11) is 0. The molecule has 114 valence electrons. The van der Waals surface area contributed by atoms with Crippen molar-refractivity contribution in [1.82, 2.24) is 9.38 Å². The van der Waals surface area contributed by atoms with Gasteiger partial charge in [-0.3, -0.25) is 4.99 Å². The van der Waals surface area contributed by atoms with Crippen LogP contribution in [0.4, 0.5) is 0 Å². The van der Waals surface area contributed by atoms with Gasteiger partial charge in [-0.25, -0.2) is 4.98 Å². The van der Waals surface area contributed by atoms with Crippen LogP contribution >= 0.6 is 11.8 Å². The van der Waals surface area contributed by atoms with E-state index in [9.17, 15) is 5.11 Å². The molecule has 22 heavy (non-hydrogen) atoms. The second-order valence-corrected chi connectivity index (χ2v) is 6.37. The van der Waals surface area contributed by atoms with Crippen LogP contribution in [0.5, 0.6) is 0 Å². The number of aliphatic hydroxyl groups is 1. The smallest absolute Gasteiger partial charge is 0.137 e. The maximum absolute atomic E-state index is 9.60. The van der Waals surface area contributed by atoms with Crippen molar-refractivity contribution in [1.29, 1.82) is 0 Å². The number of hydrogen-bond donors (Lipinski definition) is 1. The minimum atomic E-state index is 0.308. The zero-order valence-corrected chi connectivity index (χ0v) is 13.6.